The minimum atomic E-state index is -0.562. The van der Waals surface area contributed by atoms with E-state index in [0.717, 1.165) is 24.3 Å². The van der Waals surface area contributed by atoms with Crippen LogP contribution in [0, 0.1) is 5.82 Å². The van der Waals surface area contributed by atoms with Crippen LogP contribution >= 0.6 is 0 Å². The fourth-order valence-electron chi connectivity index (χ4n) is 6.91. The zero-order valence-electron chi connectivity index (χ0n) is 27.0. The molecule has 4 aromatic rings. The smallest absolute Gasteiger partial charge is 0.290 e. The number of halogens is 1. The van der Waals surface area contributed by atoms with Crippen LogP contribution in [0.5, 0.6) is 0 Å². The van der Waals surface area contributed by atoms with Crippen LogP contribution in [0.25, 0.3) is 11.3 Å². The highest BCUT2D eigenvalue weighted by Crippen LogP contribution is 2.35. The zero-order chi connectivity index (χ0) is 33.0. The Morgan fingerprint density at radius 2 is 1.81 bits per heavy atom. The molecule has 12 heteroatoms. The van der Waals surface area contributed by atoms with Gasteiger partial charge >= 0.3 is 0 Å². The molecule has 2 fully saturated rings. The molecule has 0 radical (unpaired) electrons. The first-order valence-electron chi connectivity index (χ1n) is 16.0. The SMILES string of the molecule is Cn1nc(-c2ccc(CO)c(N3Cc4cc(C(C)(C)C)cc(F)c4C(=O)N3)c2)cc(Nc2ccc(N3C4CCC3CNC4)cn2)c1=O. The third-order valence-electron chi connectivity index (χ3n) is 9.42. The summed E-state index contributed by atoms with van der Waals surface area (Å²) >= 11 is 0. The van der Waals surface area contributed by atoms with Crippen molar-refractivity contribution in [2.24, 2.45) is 7.05 Å². The average Bonchev–Trinajstić information content (AvgIpc) is 3.29. The maximum atomic E-state index is 15.1. The lowest BCUT2D eigenvalue weighted by Gasteiger charge is -2.37. The first kappa shape index (κ1) is 30.8. The molecule has 7 rings (SSSR count). The highest BCUT2D eigenvalue weighted by atomic mass is 19.1. The Morgan fingerprint density at radius 3 is 2.49 bits per heavy atom. The van der Waals surface area contributed by atoms with Crippen LogP contribution in [0.3, 0.4) is 0 Å². The molecule has 2 aromatic heterocycles. The highest BCUT2D eigenvalue weighted by Gasteiger charge is 2.36. The normalized spacial score (nSPS) is 19.1. The molecule has 1 amide bonds. The number of aliphatic hydroxyl groups is 1. The maximum absolute atomic E-state index is 15.1. The van der Waals surface area contributed by atoms with E-state index in [2.05, 4.69) is 31.0 Å². The van der Waals surface area contributed by atoms with E-state index in [1.165, 1.54) is 23.6 Å². The van der Waals surface area contributed by atoms with Crippen molar-refractivity contribution < 1.29 is 14.3 Å². The number of aryl methyl sites for hydroxylation is 1. The Balaban J connectivity index is 1.18. The van der Waals surface area contributed by atoms with Gasteiger partial charge in [0, 0.05) is 43.3 Å². The molecule has 5 heterocycles. The van der Waals surface area contributed by atoms with Gasteiger partial charge in [0.2, 0.25) is 0 Å². The van der Waals surface area contributed by atoms with Gasteiger partial charge in [-0.05, 0) is 59.7 Å². The molecule has 2 bridgehead atoms. The van der Waals surface area contributed by atoms with Crippen LogP contribution in [0.15, 0.2) is 59.5 Å². The van der Waals surface area contributed by atoms with Crippen molar-refractivity contribution in [1.29, 1.82) is 0 Å². The number of carbonyl (C=O) groups is 1. The van der Waals surface area contributed by atoms with Gasteiger partial charge in [-0.25, -0.2) is 14.1 Å². The predicted octanol–water partition coefficient (Wildman–Crippen LogP) is 4.12. The van der Waals surface area contributed by atoms with Gasteiger partial charge in [0.1, 0.15) is 17.3 Å². The first-order chi connectivity index (χ1) is 22.5. The molecular weight excluding hydrogens is 599 g/mol. The first-order valence-corrected chi connectivity index (χ1v) is 16.0. The van der Waals surface area contributed by atoms with E-state index < -0.39 is 11.7 Å². The lowest BCUT2D eigenvalue weighted by atomic mass is 9.84. The summed E-state index contributed by atoms with van der Waals surface area (Å²) in [7, 11) is 1.58. The molecule has 2 unspecified atom stereocenters. The van der Waals surface area contributed by atoms with Crippen molar-refractivity contribution in [2.45, 2.75) is 64.3 Å². The maximum Gasteiger partial charge on any atom is 0.290 e. The summed E-state index contributed by atoms with van der Waals surface area (Å²) in [5.41, 5.74) is 7.16. The van der Waals surface area contributed by atoms with Crippen LogP contribution in [-0.4, -0.2) is 51.0 Å². The Kier molecular flexibility index (Phi) is 7.72. The number of hydrogen-bond acceptors (Lipinski definition) is 9. The number of amides is 1. The summed E-state index contributed by atoms with van der Waals surface area (Å²) in [5, 5.41) is 23.0. The quantitative estimate of drug-likeness (QED) is 0.247. The predicted molar refractivity (Wildman–Crippen MR) is 179 cm³/mol. The topological polar surface area (TPSA) is 128 Å². The fraction of sp³-hybridized carbons (Fsp3) is 0.371. The van der Waals surface area contributed by atoms with Gasteiger partial charge in [0.05, 0.1) is 42.0 Å². The minimum Gasteiger partial charge on any atom is -0.392 e. The van der Waals surface area contributed by atoms with E-state index in [4.69, 9.17) is 0 Å². The number of carbonyl (C=O) groups excluding carboxylic acids is 1. The second-order valence-corrected chi connectivity index (χ2v) is 13.6. The van der Waals surface area contributed by atoms with Crippen molar-refractivity contribution in [3.63, 3.8) is 0 Å². The highest BCUT2D eigenvalue weighted by molar-refractivity contribution is 5.98. The molecule has 2 atom stereocenters. The lowest BCUT2D eigenvalue weighted by Crippen LogP contribution is -2.52. The molecule has 3 aliphatic heterocycles. The molecule has 2 aromatic carbocycles. The van der Waals surface area contributed by atoms with Crippen molar-refractivity contribution in [3.8, 4) is 11.3 Å². The molecule has 0 spiro atoms. The van der Waals surface area contributed by atoms with Crippen molar-refractivity contribution in [3.05, 3.63) is 93.2 Å². The molecule has 244 valence electrons. The van der Waals surface area contributed by atoms with Crippen LogP contribution in [-0.2, 0) is 25.6 Å². The summed E-state index contributed by atoms with van der Waals surface area (Å²) < 4.78 is 16.4. The molecule has 3 aliphatic rings. The van der Waals surface area contributed by atoms with Gasteiger partial charge < -0.3 is 20.6 Å². The number of pyridine rings is 1. The van der Waals surface area contributed by atoms with Crippen LogP contribution in [0.4, 0.5) is 27.3 Å². The Morgan fingerprint density at radius 1 is 1.04 bits per heavy atom. The van der Waals surface area contributed by atoms with E-state index in [-0.39, 0.29) is 29.7 Å². The van der Waals surface area contributed by atoms with Crippen molar-refractivity contribution in [1.82, 2.24) is 25.5 Å². The third-order valence-corrected chi connectivity index (χ3v) is 9.42. The monoisotopic (exact) mass is 638 g/mol. The van der Waals surface area contributed by atoms with Gasteiger partial charge in [-0.3, -0.25) is 20.0 Å². The van der Waals surface area contributed by atoms with E-state index in [1.54, 1.807) is 36.3 Å². The zero-order valence-corrected chi connectivity index (χ0v) is 27.0. The largest absolute Gasteiger partial charge is 0.392 e. The fourth-order valence-corrected chi connectivity index (χ4v) is 6.91. The molecule has 11 nitrogen and oxygen atoms in total. The average molecular weight is 639 g/mol. The number of piperazine rings is 1. The Labute approximate surface area is 272 Å². The second kappa shape index (κ2) is 11.8. The van der Waals surface area contributed by atoms with Crippen LogP contribution < -0.4 is 31.5 Å². The molecule has 4 N–H and O–H groups in total. The van der Waals surface area contributed by atoms with Gasteiger partial charge in [-0.1, -0.05) is 39.0 Å². The molecular formula is C35H39FN8O3. The summed E-state index contributed by atoms with van der Waals surface area (Å²) in [6.07, 6.45) is 4.19. The standard InChI is InChI=1S/C35H39FN8O3/c1-35(2,3)23-11-22-18-43(41-33(46)32(22)27(36)13-23)30-12-20(5-6-21(30)19-45)28-14-29(34(47)42(4)40-28)39-31-10-9-26(17-38-31)44-24-7-8-25(44)16-37-15-24/h5-6,9-14,17,24-25,37,45H,7-8,15-16,18-19H2,1-4H3,(H,38,39)(H,41,46). The lowest BCUT2D eigenvalue weighted by molar-refractivity contribution is 0.0934. The summed E-state index contributed by atoms with van der Waals surface area (Å²) in [6.45, 7) is 7.84. The number of hydrazine groups is 1. The summed E-state index contributed by atoms with van der Waals surface area (Å²) in [4.78, 5) is 33.3. The van der Waals surface area contributed by atoms with E-state index in [0.29, 0.717) is 51.7 Å². The van der Waals surface area contributed by atoms with Crippen LogP contribution in [0.2, 0.25) is 0 Å². The third kappa shape index (κ3) is 5.72. The van der Waals surface area contributed by atoms with Gasteiger partial charge in [-0.2, -0.15) is 5.10 Å². The molecule has 2 saturated heterocycles. The Bertz CT molecular complexity index is 1900. The molecule has 0 saturated carbocycles. The number of anilines is 4. The molecule has 47 heavy (non-hydrogen) atoms. The van der Waals surface area contributed by atoms with Gasteiger partial charge in [-0.15, -0.1) is 0 Å². The molecule has 0 aliphatic carbocycles. The van der Waals surface area contributed by atoms with Crippen LogP contribution in [0.1, 0.15) is 60.7 Å². The van der Waals surface area contributed by atoms with Gasteiger partial charge in [0.25, 0.3) is 11.5 Å². The Hall–Kier alpha value is -4.81. The van der Waals surface area contributed by atoms with E-state index >= 15 is 4.39 Å². The number of aliphatic hydroxyl groups excluding tert-OH is 1. The van der Waals surface area contributed by atoms with E-state index in [9.17, 15) is 14.7 Å². The number of nitrogens with zero attached hydrogens (tertiary/aromatic N) is 5. The number of fused-ring (bicyclic) bond motifs is 3. The second-order valence-electron chi connectivity index (χ2n) is 13.6. The number of hydrogen-bond donors (Lipinski definition) is 4. The minimum absolute atomic E-state index is 0.0216. The van der Waals surface area contributed by atoms with Crippen molar-refractivity contribution in [2.75, 3.05) is 28.3 Å². The van der Waals surface area contributed by atoms with E-state index in [1.807, 2.05) is 45.2 Å². The van der Waals surface area contributed by atoms with Gasteiger partial charge in [0.15, 0.2) is 0 Å². The number of aromatic nitrogens is 3. The van der Waals surface area contributed by atoms with Crippen molar-refractivity contribution >= 4 is 28.8 Å². The summed E-state index contributed by atoms with van der Waals surface area (Å²) in [6, 6.07) is 15.2. The summed E-state index contributed by atoms with van der Waals surface area (Å²) in [5.74, 6) is -0.582. The number of benzene rings is 2. The number of rotatable bonds is 6. The number of nitrogens with one attached hydrogen (secondary N) is 3.